The second-order valence-corrected chi connectivity index (χ2v) is 6.16. The fourth-order valence-corrected chi connectivity index (χ4v) is 2.77. The molecule has 0 aliphatic heterocycles. The standard InChI is InChI=1S/C18H14ClF3N4O/c1-10-11(3-2-6-23-10)9-24-16-5-4-14(25-26-16)17-13(19)7-12(8-15(17)27)18(20,21)22/h2-8,27H,9H2,1H3,(H,24,26). The van der Waals surface area contributed by atoms with Gasteiger partial charge in [0, 0.05) is 18.4 Å². The molecule has 0 atom stereocenters. The van der Waals surface area contributed by atoms with Crippen LogP contribution < -0.4 is 5.32 Å². The van der Waals surface area contributed by atoms with Crippen LogP contribution in [-0.4, -0.2) is 20.3 Å². The molecule has 3 rings (SSSR count). The average Bonchev–Trinajstić information content (AvgIpc) is 2.61. The highest BCUT2D eigenvalue weighted by molar-refractivity contribution is 6.33. The van der Waals surface area contributed by atoms with Gasteiger partial charge in [-0.2, -0.15) is 13.2 Å². The largest absolute Gasteiger partial charge is 0.507 e. The molecular formula is C18H14ClF3N4O. The first-order valence-corrected chi connectivity index (χ1v) is 8.21. The van der Waals surface area contributed by atoms with Gasteiger partial charge in [0.25, 0.3) is 0 Å². The first-order valence-electron chi connectivity index (χ1n) is 7.84. The summed E-state index contributed by atoms with van der Waals surface area (Å²) in [6.45, 7) is 2.38. The van der Waals surface area contributed by atoms with E-state index in [1.165, 1.54) is 6.07 Å². The Morgan fingerprint density at radius 2 is 1.93 bits per heavy atom. The molecule has 0 unspecified atom stereocenters. The van der Waals surface area contributed by atoms with Gasteiger partial charge in [0.1, 0.15) is 11.6 Å². The Bertz CT molecular complexity index is 939. The Morgan fingerprint density at radius 3 is 2.52 bits per heavy atom. The van der Waals surface area contributed by atoms with Crippen LogP contribution in [0.1, 0.15) is 16.8 Å². The lowest BCUT2D eigenvalue weighted by Gasteiger charge is -2.12. The van der Waals surface area contributed by atoms with Gasteiger partial charge in [-0.25, -0.2) is 0 Å². The van der Waals surface area contributed by atoms with Crippen molar-refractivity contribution in [1.82, 2.24) is 15.2 Å². The molecule has 9 heteroatoms. The molecule has 0 bridgehead atoms. The Hall–Kier alpha value is -2.87. The Kier molecular flexibility index (Phi) is 5.18. The lowest BCUT2D eigenvalue weighted by molar-refractivity contribution is -0.137. The van der Waals surface area contributed by atoms with E-state index in [1.54, 1.807) is 12.3 Å². The van der Waals surface area contributed by atoms with Crippen LogP contribution in [0.2, 0.25) is 5.02 Å². The number of pyridine rings is 1. The highest BCUT2D eigenvalue weighted by atomic mass is 35.5. The maximum atomic E-state index is 12.8. The minimum Gasteiger partial charge on any atom is -0.507 e. The number of hydrogen-bond acceptors (Lipinski definition) is 5. The van der Waals surface area contributed by atoms with Crippen LogP contribution in [-0.2, 0) is 12.7 Å². The molecule has 27 heavy (non-hydrogen) atoms. The van der Waals surface area contributed by atoms with Crippen LogP contribution in [0.5, 0.6) is 5.75 Å². The molecule has 5 nitrogen and oxygen atoms in total. The molecule has 0 saturated heterocycles. The minimum absolute atomic E-state index is 0.00757. The van der Waals surface area contributed by atoms with Crippen LogP contribution in [0.25, 0.3) is 11.3 Å². The number of aryl methyl sites for hydroxylation is 1. The molecule has 0 aliphatic carbocycles. The van der Waals surface area contributed by atoms with Crippen LogP contribution in [0.3, 0.4) is 0 Å². The molecule has 2 aromatic heterocycles. The fraction of sp³-hybridized carbons (Fsp3) is 0.167. The van der Waals surface area contributed by atoms with Crippen molar-refractivity contribution in [2.45, 2.75) is 19.6 Å². The number of rotatable bonds is 4. The van der Waals surface area contributed by atoms with Gasteiger partial charge < -0.3 is 10.4 Å². The molecule has 0 spiro atoms. The van der Waals surface area contributed by atoms with Crippen LogP contribution in [0.4, 0.5) is 19.0 Å². The monoisotopic (exact) mass is 394 g/mol. The Labute approximate surface area is 157 Å². The Morgan fingerprint density at radius 1 is 1.15 bits per heavy atom. The van der Waals surface area contributed by atoms with Crippen molar-refractivity contribution in [3.63, 3.8) is 0 Å². The zero-order valence-electron chi connectivity index (χ0n) is 14.0. The molecule has 140 valence electrons. The van der Waals surface area contributed by atoms with Gasteiger partial charge in [-0.1, -0.05) is 17.7 Å². The predicted molar refractivity (Wildman–Crippen MR) is 95.4 cm³/mol. The van der Waals surface area contributed by atoms with E-state index in [2.05, 4.69) is 20.5 Å². The molecule has 0 amide bonds. The van der Waals surface area contributed by atoms with Crippen molar-refractivity contribution in [2.24, 2.45) is 0 Å². The third-order valence-corrected chi connectivity index (χ3v) is 4.19. The SMILES string of the molecule is Cc1ncccc1CNc1ccc(-c2c(O)cc(C(F)(F)F)cc2Cl)nn1. The molecule has 3 aromatic rings. The van der Waals surface area contributed by atoms with Crippen molar-refractivity contribution < 1.29 is 18.3 Å². The molecule has 0 fully saturated rings. The van der Waals surface area contributed by atoms with Gasteiger partial charge in [-0.3, -0.25) is 4.98 Å². The number of hydrogen-bond donors (Lipinski definition) is 2. The minimum atomic E-state index is -4.61. The van der Waals surface area contributed by atoms with Crippen molar-refractivity contribution in [3.8, 4) is 17.0 Å². The summed E-state index contributed by atoms with van der Waals surface area (Å²) >= 11 is 5.92. The number of phenols is 1. The quantitative estimate of drug-likeness (QED) is 0.662. The van der Waals surface area contributed by atoms with Crippen molar-refractivity contribution >= 4 is 17.4 Å². The van der Waals surface area contributed by atoms with E-state index in [0.717, 1.165) is 17.3 Å². The lowest BCUT2D eigenvalue weighted by atomic mass is 10.1. The molecule has 2 heterocycles. The van der Waals surface area contributed by atoms with E-state index in [9.17, 15) is 18.3 Å². The van der Waals surface area contributed by atoms with Crippen molar-refractivity contribution in [3.05, 3.63) is 64.4 Å². The molecule has 1 aromatic carbocycles. The molecular weight excluding hydrogens is 381 g/mol. The summed E-state index contributed by atoms with van der Waals surface area (Å²) in [5.41, 5.74) is 0.996. The number of halogens is 4. The summed E-state index contributed by atoms with van der Waals surface area (Å²) in [4.78, 5) is 4.19. The number of aromatic hydroxyl groups is 1. The number of nitrogens with zero attached hydrogens (tertiary/aromatic N) is 3. The van der Waals surface area contributed by atoms with Gasteiger partial charge in [-0.15, -0.1) is 10.2 Å². The second-order valence-electron chi connectivity index (χ2n) is 5.76. The predicted octanol–water partition coefficient (Wildman–Crippen LogP) is 4.84. The molecule has 0 saturated carbocycles. The van der Waals surface area contributed by atoms with E-state index < -0.39 is 17.5 Å². The summed E-state index contributed by atoms with van der Waals surface area (Å²) < 4.78 is 38.3. The number of alkyl halides is 3. The molecule has 0 radical (unpaired) electrons. The topological polar surface area (TPSA) is 70.9 Å². The van der Waals surface area contributed by atoms with Gasteiger partial charge in [0.15, 0.2) is 0 Å². The van der Waals surface area contributed by atoms with Gasteiger partial charge in [-0.05, 0) is 42.8 Å². The first kappa shape index (κ1) is 18.9. The van der Waals surface area contributed by atoms with E-state index in [1.807, 2.05) is 19.1 Å². The normalized spacial score (nSPS) is 11.4. The van der Waals surface area contributed by atoms with Crippen molar-refractivity contribution in [2.75, 3.05) is 5.32 Å². The highest BCUT2D eigenvalue weighted by Crippen LogP contribution is 2.40. The molecule has 2 N–H and O–H groups in total. The first-order chi connectivity index (χ1) is 12.8. The van der Waals surface area contributed by atoms with Crippen molar-refractivity contribution in [1.29, 1.82) is 0 Å². The number of phenolic OH excluding ortho intramolecular Hbond substituents is 1. The van der Waals surface area contributed by atoms with Gasteiger partial charge >= 0.3 is 6.18 Å². The summed E-state index contributed by atoms with van der Waals surface area (Å²) in [5.74, 6) is -0.152. The lowest BCUT2D eigenvalue weighted by Crippen LogP contribution is -2.06. The fourth-order valence-electron chi connectivity index (χ4n) is 2.46. The maximum absolute atomic E-state index is 12.8. The molecule has 0 aliphatic rings. The average molecular weight is 395 g/mol. The third-order valence-electron chi connectivity index (χ3n) is 3.89. The number of aromatic nitrogens is 3. The number of nitrogens with one attached hydrogen (secondary N) is 1. The van der Waals surface area contributed by atoms with E-state index in [-0.39, 0.29) is 16.3 Å². The number of benzene rings is 1. The van der Waals surface area contributed by atoms with Crippen LogP contribution >= 0.6 is 11.6 Å². The smallest absolute Gasteiger partial charge is 0.416 e. The zero-order valence-corrected chi connectivity index (χ0v) is 14.8. The summed E-state index contributed by atoms with van der Waals surface area (Å²) in [7, 11) is 0. The summed E-state index contributed by atoms with van der Waals surface area (Å²) in [6.07, 6.45) is -2.91. The summed E-state index contributed by atoms with van der Waals surface area (Å²) in [5, 5.41) is 20.7. The highest BCUT2D eigenvalue weighted by Gasteiger charge is 2.32. The van der Waals surface area contributed by atoms with E-state index in [4.69, 9.17) is 11.6 Å². The number of anilines is 1. The van der Waals surface area contributed by atoms with Gasteiger partial charge in [0.05, 0.1) is 21.8 Å². The van der Waals surface area contributed by atoms with Gasteiger partial charge in [0.2, 0.25) is 0 Å². The van der Waals surface area contributed by atoms with Crippen LogP contribution in [0.15, 0.2) is 42.6 Å². The third kappa shape index (κ3) is 4.28. The van der Waals surface area contributed by atoms with Crippen LogP contribution in [0, 0.1) is 6.92 Å². The summed E-state index contributed by atoms with van der Waals surface area (Å²) in [6, 6.07) is 8.22. The van der Waals surface area contributed by atoms with E-state index in [0.29, 0.717) is 18.4 Å². The Balaban J connectivity index is 1.80. The maximum Gasteiger partial charge on any atom is 0.416 e. The van der Waals surface area contributed by atoms with E-state index >= 15 is 0 Å². The second kappa shape index (κ2) is 7.40. The zero-order chi connectivity index (χ0) is 19.6.